The number of ether oxygens (including phenoxy) is 1. The zero-order chi connectivity index (χ0) is 14.0. The van der Waals surface area contributed by atoms with Gasteiger partial charge in [-0.3, -0.25) is 4.68 Å². The number of aliphatic hydroxyl groups excluding tert-OH is 1. The van der Waals surface area contributed by atoms with E-state index in [1.54, 1.807) is 18.0 Å². The van der Waals surface area contributed by atoms with E-state index in [-0.39, 0.29) is 0 Å². The molecular formula is C12H14Br2N2O2S. The Morgan fingerprint density at radius 1 is 1.53 bits per heavy atom. The minimum atomic E-state index is -0.739. The standard InChI is InChI=1S/C12H14Br2N2O2S/c1-3-4-16-10(8(18-2)6-15-16)11(17)9-5-7(13)12(14)19-9/h5-6,11,17H,3-4H2,1-2H3. The molecule has 1 N–H and O–H groups in total. The molecule has 4 nitrogen and oxygen atoms in total. The van der Waals surface area contributed by atoms with Crippen LogP contribution in [0.4, 0.5) is 0 Å². The summed E-state index contributed by atoms with van der Waals surface area (Å²) >= 11 is 8.36. The van der Waals surface area contributed by atoms with Crippen molar-refractivity contribution in [1.29, 1.82) is 0 Å². The molecule has 0 aliphatic rings. The van der Waals surface area contributed by atoms with Crippen LogP contribution in [0.3, 0.4) is 0 Å². The molecule has 0 aromatic carbocycles. The molecule has 2 heterocycles. The maximum atomic E-state index is 10.6. The van der Waals surface area contributed by atoms with Gasteiger partial charge in [-0.25, -0.2) is 0 Å². The summed E-state index contributed by atoms with van der Waals surface area (Å²) in [6.45, 7) is 2.83. The lowest BCUT2D eigenvalue weighted by Crippen LogP contribution is -2.10. The fourth-order valence-electron chi connectivity index (χ4n) is 1.83. The van der Waals surface area contributed by atoms with Gasteiger partial charge in [0.05, 0.1) is 17.1 Å². The number of aliphatic hydroxyl groups is 1. The van der Waals surface area contributed by atoms with Crippen LogP contribution in [0.2, 0.25) is 0 Å². The lowest BCUT2D eigenvalue weighted by molar-refractivity contribution is 0.205. The number of rotatable bonds is 5. The average Bonchev–Trinajstić information content (AvgIpc) is 2.94. The molecule has 0 saturated heterocycles. The van der Waals surface area contributed by atoms with Gasteiger partial charge < -0.3 is 9.84 Å². The predicted octanol–water partition coefficient (Wildman–Crippen LogP) is 3.97. The van der Waals surface area contributed by atoms with E-state index in [4.69, 9.17) is 4.74 Å². The van der Waals surface area contributed by atoms with Crippen molar-refractivity contribution in [2.45, 2.75) is 26.0 Å². The summed E-state index contributed by atoms with van der Waals surface area (Å²) in [7, 11) is 1.59. The Hall–Kier alpha value is -0.370. The van der Waals surface area contributed by atoms with Crippen molar-refractivity contribution in [3.05, 3.63) is 31.1 Å². The molecule has 0 amide bonds. The van der Waals surface area contributed by atoms with Crippen LogP contribution in [0, 0.1) is 0 Å². The van der Waals surface area contributed by atoms with Gasteiger partial charge in [0.25, 0.3) is 0 Å². The van der Waals surface area contributed by atoms with Gasteiger partial charge in [0.2, 0.25) is 0 Å². The first-order valence-electron chi connectivity index (χ1n) is 5.81. The largest absolute Gasteiger partial charge is 0.493 e. The van der Waals surface area contributed by atoms with E-state index in [9.17, 15) is 5.11 Å². The minimum Gasteiger partial charge on any atom is -0.493 e. The molecule has 7 heteroatoms. The average molecular weight is 410 g/mol. The van der Waals surface area contributed by atoms with Gasteiger partial charge in [-0.05, 0) is 44.3 Å². The van der Waals surface area contributed by atoms with E-state index in [0.29, 0.717) is 11.4 Å². The fraction of sp³-hybridized carbons (Fsp3) is 0.417. The number of aromatic nitrogens is 2. The Bertz CT molecular complexity index is 549. The van der Waals surface area contributed by atoms with Gasteiger partial charge in [0.1, 0.15) is 11.8 Å². The third-order valence-corrected chi connectivity index (χ3v) is 6.00. The first-order chi connectivity index (χ1) is 9.08. The highest BCUT2D eigenvalue weighted by Crippen LogP contribution is 2.39. The molecule has 0 aliphatic carbocycles. The van der Waals surface area contributed by atoms with Crippen LogP contribution in [0.25, 0.3) is 0 Å². The van der Waals surface area contributed by atoms with Gasteiger partial charge in [-0.2, -0.15) is 5.10 Å². The van der Waals surface area contributed by atoms with E-state index in [0.717, 1.165) is 26.1 Å². The van der Waals surface area contributed by atoms with Crippen LogP contribution < -0.4 is 4.74 Å². The van der Waals surface area contributed by atoms with Crippen molar-refractivity contribution >= 4 is 43.2 Å². The minimum absolute atomic E-state index is 0.613. The van der Waals surface area contributed by atoms with Crippen LogP contribution in [0.15, 0.2) is 20.5 Å². The quantitative estimate of drug-likeness (QED) is 0.812. The molecule has 0 fully saturated rings. The molecule has 0 aliphatic heterocycles. The topological polar surface area (TPSA) is 47.3 Å². The van der Waals surface area contributed by atoms with Crippen LogP contribution in [-0.2, 0) is 6.54 Å². The highest BCUT2D eigenvalue weighted by Gasteiger charge is 2.23. The second-order valence-electron chi connectivity index (χ2n) is 3.99. The molecule has 104 valence electrons. The normalized spacial score (nSPS) is 12.7. The van der Waals surface area contributed by atoms with E-state index in [2.05, 4.69) is 43.9 Å². The van der Waals surface area contributed by atoms with Crippen molar-refractivity contribution in [1.82, 2.24) is 9.78 Å². The van der Waals surface area contributed by atoms with Gasteiger partial charge in [0.15, 0.2) is 5.75 Å². The zero-order valence-electron chi connectivity index (χ0n) is 10.6. The second-order valence-corrected chi connectivity index (χ2v) is 7.25. The van der Waals surface area contributed by atoms with Crippen molar-refractivity contribution < 1.29 is 9.84 Å². The van der Waals surface area contributed by atoms with Gasteiger partial charge in [-0.15, -0.1) is 11.3 Å². The second kappa shape index (κ2) is 6.39. The molecule has 0 radical (unpaired) electrons. The third-order valence-electron chi connectivity index (χ3n) is 2.69. The number of hydrogen-bond donors (Lipinski definition) is 1. The highest BCUT2D eigenvalue weighted by molar-refractivity contribution is 9.13. The molecule has 0 bridgehead atoms. The molecule has 2 aromatic rings. The molecule has 0 spiro atoms. The number of thiophene rings is 1. The van der Waals surface area contributed by atoms with E-state index >= 15 is 0 Å². The Balaban J connectivity index is 2.41. The molecule has 1 atom stereocenters. The van der Waals surface area contributed by atoms with Gasteiger partial charge >= 0.3 is 0 Å². The maximum absolute atomic E-state index is 10.6. The summed E-state index contributed by atoms with van der Waals surface area (Å²) < 4.78 is 8.98. The van der Waals surface area contributed by atoms with E-state index < -0.39 is 6.10 Å². The van der Waals surface area contributed by atoms with Crippen molar-refractivity contribution in [2.75, 3.05) is 7.11 Å². The molecule has 1 unspecified atom stereocenters. The summed E-state index contributed by atoms with van der Waals surface area (Å²) in [6.07, 6.45) is 1.85. The van der Waals surface area contributed by atoms with Crippen LogP contribution in [0.1, 0.15) is 30.0 Å². The number of aryl methyl sites for hydroxylation is 1. The van der Waals surface area contributed by atoms with E-state index in [1.165, 1.54) is 11.3 Å². The lowest BCUT2D eigenvalue weighted by atomic mass is 10.2. The van der Waals surface area contributed by atoms with Crippen molar-refractivity contribution in [3.63, 3.8) is 0 Å². The SMILES string of the molecule is CCCn1ncc(OC)c1C(O)c1cc(Br)c(Br)s1. The summed E-state index contributed by atoms with van der Waals surface area (Å²) in [4.78, 5) is 0.843. The molecule has 19 heavy (non-hydrogen) atoms. The summed E-state index contributed by atoms with van der Waals surface area (Å²) in [5.41, 5.74) is 0.700. The van der Waals surface area contributed by atoms with Crippen LogP contribution in [0.5, 0.6) is 5.75 Å². The fourth-order valence-corrected chi connectivity index (χ4v) is 3.91. The Morgan fingerprint density at radius 3 is 2.79 bits per heavy atom. The molecule has 2 aromatic heterocycles. The van der Waals surface area contributed by atoms with Crippen molar-refractivity contribution in [2.24, 2.45) is 0 Å². The molecular weight excluding hydrogens is 396 g/mol. The summed E-state index contributed by atoms with van der Waals surface area (Å²) in [5.74, 6) is 0.613. The monoisotopic (exact) mass is 408 g/mol. The third kappa shape index (κ3) is 3.04. The lowest BCUT2D eigenvalue weighted by Gasteiger charge is -2.13. The predicted molar refractivity (Wildman–Crippen MR) is 82.9 cm³/mol. The first kappa shape index (κ1) is 15.0. The number of nitrogens with zero attached hydrogens (tertiary/aromatic N) is 2. The summed E-state index contributed by atoms with van der Waals surface area (Å²) in [6, 6.07) is 1.90. The number of hydrogen-bond acceptors (Lipinski definition) is 4. The number of halogens is 2. The smallest absolute Gasteiger partial charge is 0.163 e. The zero-order valence-corrected chi connectivity index (χ0v) is 14.5. The molecule has 0 saturated carbocycles. The van der Waals surface area contributed by atoms with Crippen LogP contribution in [-0.4, -0.2) is 22.0 Å². The van der Waals surface area contributed by atoms with E-state index in [1.807, 2.05) is 6.07 Å². The Labute approximate surface area is 132 Å². The van der Waals surface area contributed by atoms with Crippen molar-refractivity contribution in [3.8, 4) is 5.75 Å². The highest BCUT2D eigenvalue weighted by atomic mass is 79.9. The Kier molecular flexibility index (Phi) is 5.05. The number of methoxy groups -OCH3 is 1. The maximum Gasteiger partial charge on any atom is 0.163 e. The first-order valence-corrected chi connectivity index (χ1v) is 8.21. The molecule has 2 rings (SSSR count). The van der Waals surface area contributed by atoms with Crippen LogP contribution >= 0.6 is 43.2 Å². The Morgan fingerprint density at radius 2 is 2.26 bits per heavy atom. The van der Waals surface area contributed by atoms with Gasteiger partial charge in [-0.1, -0.05) is 6.92 Å². The summed E-state index contributed by atoms with van der Waals surface area (Å²) in [5, 5.41) is 14.8. The van der Waals surface area contributed by atoms with Gasteiger partial charge in [0, 0.05) is 15.9 Å².